The predicted molar refractivity (Wildman–Crippen MR) is 160 cm³/mol. The van der Waals surface area contributed by atoms with Gasteiger partial charge in [-0.15, -0.1) is 0 Å². The molecule has 7 nitrogen and oxygen atoms in total. The third-order valence-electron chi connectivity index (χ3n) is 7.10. The number of anilines is 1. The molecule has 3 aromatic carbocycles. The van der Waals surface area contributed by atoms with Crippen molar-refractivity contribution < 1.29 is 22.4 Å². The number of hydrogen-bond donors (Lipinski definition) is 1. The quantitative estimate of drug-likeness (QED) is 0.303. The van der Waals surface area contributed by atoms with Crippen LogP contribution in [0.5, 0.6) is 0 Å². The lowest BCUT2D eigenvalue weighted by Gasteiger charge is -2.34. The lowest BCUT2D eigenvalue weighted by Crippen LogP contribution is -2.54. The zero-order chi connectivity index (χ0) is 29.6. The molecule has 1 aliphatic rings. The fourth-order valence-corrected chi connectivity index (χ4v) is 6.15. The molecule has 41 heavy (non-hydrogen) atoms. The molecule has 0 heterocycles. The van der Waals surface area contributed by atoms with Gasteiger partial charge < -0.3 is 10.2 Å². The SMILES string of the molecule is CS(=O)(=O)N(CC(=O)N(Cc1ccc(Cl)c(Cl)c1)[C@H](Cc1ccccc1)C(=O)NC1CCCC1)c1ccc(F)cc1. The van der Waals surface area contributed by atoms with E-state index in [2.05, 4.69) is 5.32 Å². The van der Waals surface area contributed by atoms with E-state index in [1.165, 1.54) is 17.0 Å². The van der Waals surface area contributed by atoms with E-state index < -0.39 is 34.3 Å². The number of nitrogens with zero attached hydrogens (tertiary/aromatic N) is 2. The predicted octanol–water partition coefficient (Wildman–Crippen LogP) is 5.60. The van der Waals surface area contributed by atoms with Crippen molar-refractivity contribution in [1.82, 2.24) is 10.2 Å². The Hall–Kier alpha value is -3.14. The van der Waals surface area contributed by atoms with Crippen molar-refractivity contribution in [3.05, 3.63) is 99.8 Å². The van der Waals surface area contributed by atoms with E-state index in [0.29, 0.717) is 10.6 Å². The van der Waals surface area contributed by atoms with Gasteiger partial charge in [0.1, 0.15) is 18.4 Å². The average molecular weight is 621 g/mol. The minimum Gasteiger partial charge on any atom is -0.352 e. The Morgan fingerprint density at radius 2 is 1.61 bits per heavy atom. The highest BCUT2D eigenvalue weighted by Crippen LogP contribution is 2.26. The highest BCUT2D eigenvalue weighted by molar-refractivity contribution is 7.92. The molecule has 0 spiro atoms. The monoisotopic (exact) mass is 619 g/mol. The molecule has 0 aromatic heterocycles. The molecule has 3 aromatic rings. The van der Waals surface area contributed by atoms with Crippen LogP contribution in [0.1, 0.15) is 36.8 Å². The number of nitrogens with one attached hydrogen (secondary N) is 1. The summed E-state index contributed by atoms with van der Waals surface area (Å²) in [7, 11) is -3.94. The number of carbonyl (C=O) groups is 2. The van der Waals surface area contributed by atoms with Crippen molar-refractivity contribution >= 4 is 50.7 Å². The summed E-state index contributed by atoms with van der Waals surface area (Å²) < 4.78 is 40.1. The first-order valence-corrected chi connectivity index (χ1v) is 15.9. The van der Waals surface area contributed by atoms with Gasteiger partial charge in [0.05, 0.1) is 22.0 Å². The maximum Gasteiger partial charge on any atom is 0.244 e. The van der Waals surface area contributed by atoms with Crippen molar-refractivity contribution in [2.24, 2.45) is 0 Å². The highest BCUT2D eigenvalue weighted by Gasteiger charge is 2.34. The Labute approximate surface area is 250 Å². The molecule has 218 valence electrons. The van der Waals surface area contributed by atoms with Crippen LogP contribution >= 0.6 is 23.2 Å². The van der Waals surface area contributed by atoms with Crippen LogP contribution in [0.15, 0.2) is 72.8 Å². The Morgan fingerprint density at radius 1 is 0.951 bits per heavy atom. The van der Waals surface area contributed by atoms with E-state index in [1.54, 1.807) is 18.2 Å². The Balaban J connectivity index is 1.73. The Kier molecular flexibility index (Phi) is 10.3. The number of rotatable bonds is 11. The van der Waals surface area contributed by atoms with E-state index in [1.807, 2.05) is 30.3 Å². The maximum absolute atomic E-state index is 14.1. The number of amides is 2. The van der Waals surface area contributed by atoms with Gasteiger partial charge in [-0.2, -0.15) is 0 Å². The van der Waals surface area contributed by atoms with E-state index in [0.717, 1.165) is 53.9 Å². The van der Waals surface area contributed by atoms with Crippen molar-refractivity contribution in [1.29, 1.82) is 0 Å². The summed E-state index contributed by atoms with van der Waals surface area (Å²) in [5.41, 5.74) is 1.59. The fourth-order valence-electron chi connectivity index (χ4n) is 4.98. The first-order chi connectivity index (χ1) is 19.5. The molecule has 4 rings (SSSR count). The smallest absolute Gasteiger partial charge is 0.244 e. The minimum absolute atomic E-state index is 0.00874. The minimum atomic E-state index is -3.94. The third kappa shape index (κ3) is 8.44. The lowest BCUT2D eigenvalue weighted by atomic mass is 10.0. The molecular weight excluding hydrogens is 588 g/mol. The molecule has 0 saturated heterocycles. The largest absolute Gasteiger partial charge is 0.352 e. The van der Waals surface area contributed by atoms with Crippen LogP contribution in [-0.4, -0.2) is 50.0 Å². The summed E-state index contributed by atoms with van der Waals surface area (Å²) >= 11 is 12.4. The van der Waals surface area contributed by atoms with Crippen LogP contribution in [-0.2, 0) is 32.6 Å². The van der Waals surface area contributed by atoms with Gasteiger partial charge in [0.25, 0.3) is 0 Å². The molecule has 1 N–H and O–H groups in total. The maximum atomic E-state index is 14.1. The molecular formula is C30H32Cl2FN3O4S. The van der Waals surface area contributed by atoms with Crippen molar-refractivity contribution in [3.8, 4) is 0 Å². The van der Waals surface area contributed by atoms with Crippen LogP contribution in [0.3, 0.4) is 0 Å². The van der Waals surface area contributed by atoms with Crippen LogP contribution < -0.4 is 9.62 Å². The fraction of sp³-hybridized carbons (Fsp3) is 0.333. The van der Waals surface area contributed by atoms with Crippen LogP contribution in [0.25, 0.3) is 0 Å². The molecule has 0 bridgehead atoms. The molecule has 0 aliphatic heterocycles. The second-order valence-corrected chi connectivity index (χ2v) is 12.9. The molecule has 2 amide bonds. The summed E-state index contributed by atoms with van der Waals surface area (Å²) in [5, 5.41) is 3.74. The van der Waals surface area contributed by atoms with Gasteiger partial charge in [0, 0.05) is 19.0 Å². The Bertz CT molecular complexity index is 1470. The standard InChI is InChI=1S/C30H32Cl2FN3O4S/c1-41(39,40)36(25-14-12-23(33)13-15-25)20-29(37)35(19-22-11-16-26(31)27(32)17-22)28(18-21-7-3-2-4-8-21)30(38)34-24-9-5-6-10-24/h2-4,7-8,11-17,24,28H,5-6,9-10,18-20H2,1H3,(H,34,38)/t28-/m1/s1. The van der Waals surface area contributed by atoms with Crippen molar-refractivity contribution in [3.63, 3.8) is 0 Å². The molecule has 1 fully saturated rings. The second-order valence-electron chi connectivity index (χ2n) is 10.2. The van der Waals surface area contributed by atoms with Crippen LogP contribution in [0.4, 0.5) is 10.1 Å². The van der Waals surface area contributed by atoms with E-state index in [9.17, 15) is 22.4 Å². The van der Waals surface area contributed by atoms with E-state index in [4.69, 9.17) is 23.2 Å². The van der Waals surface area contributed by atoms with Gasteiger partial charge in [-0.25, -0.2) is 12.8 Å². The average Bonchev–Trinajstić information content (AvgIpc) is 3.44. The van der Waals surface area contributed by atoms with Gasteiger partial charge >= 0.3 is 0 Å². The first kappa shape index (κ1) is 30.8. The Morgan fingerprint density at radius 3 is 2.22 bits per heavy atom. The normalized spacial score (nSPS) is 14.4. The summed E-state index contributed by atoms with van der Waals surface area (Å²) in [6.45, 7) is -0.611. The van der Waals surface area contributed by atoms with Crippen LogP contribution in [0.2, 0.25) is 10.0 Å². The zero-order valence-electron chi connectivity index (χ0n) is 22.6. The molecule has 1 atom stereocenters. The van der Waals surface area contributed by atoms with Crippen LogP contribution in [0, 0.1) is 5.82 Å². The zero-order valence-corrected chi connectivity index (χ0v) is 24.9. The summed E-state index contributed by atoms with van der Waals surface area (Å²) in [4.78, 5) is 29.3. The molecule has 0 radical (unpaired) electrons. The van der Waals surface area contributed by atoms with E-state index >= 15 is 0 Å². The molecule has 1 saturated carbocycles. The number of halogens is 3. The molecule has 11 heteroatoms. The highest BCUT2D eigenvalue weighted by atomic mass is 35.5. The number of hydrogen-bond acceptors (Lipinski definition) is 4. The molecule has 0 unspecified atom stereocenters. The molecule has 1 aliphatic carbocycles. The van der Waals surface area contributed by atoms with Gasteiger partial charge in [0.2, 0.25) is 21.8 Å². The topological polar surface area (TPSA) is 86.8 Å². The number of sulfonamides is 1. The summed E-state index contributed by atoms with van der Waals surface area (Å²) in [6, 6.07) is 18.1. The van der Waals surface area contributed by atoms with Gasteiger partial charge in [-0.1, -0.05) is 72.4 Å². The van der Waals surface area contributed by atoms with Crippen molar-refractivity contribution in [2.75, 3.05) is 17.1 Å². The summed E-state index contributed by atoms with van der Waals surface area (Å²) in [5.74, 6) is -1.46. The number of carbonyl (C=O) groups excluding carboxylic acids is 2. The second kappa shape index (κ2) is 13.7. The van der Waals surface area contributed by atoms with Gasteiger partial charge in [-0.3, -0.25) is 13.9 Å². The number of benzene rings is 3. The third-order valence-corrected chi connectivity index (χ3v) is 8.98. The van der Waals surface area contributed by atoms with E-state index in [-0.39, 0.29) is 35.6 Å². The van der Waals surface area contributed by atoms with Crippen molar-refractivity contribution in [2.45, 2.75) is 50.7 Å². The van der Waals surface area contributed by atoms with Gasteiger partial charge in [0.15, 0.2) is 0 Å². The van der Waals surface area contributed by atoms with Gasteiger partial charge in [-0.05, 0) is 60.4 Å². The lowest BCUT2D eigenvalue weighted by molar-refractivity contribution is -0.140. The summed E-state index contributed by atoms with van der Waals surface area (Å²) in [6.07, 6.45) is 4.93. The first-order valence-electron chi connectivity index (χ1n) is 13.3.